The zero-order valence-corrected chi connectivity index (χ0v) is 68.9. The summed E-state index contributed by atoms with van der Waals surface area (Å²) in [4.78, 5) is 64.8. The number of aliphatic imine (C=N–C) groups is 3. The Kier molecular flexibility index (Phi) is 23.7. The van der Waals surface area contributed by atoms with Crippen molar-refractivity contribution in [2.75, 3.05) is 25.4 Å². The highest BCUT2D eigenvalue weighted by Crippen LogP contribution is 2.55. The number of ether oxygens (including phenoxy) is 3. The van der Waals surface area contributed by atoms with Crippen LogP contribution in [0.1, 0.15) is 201 Å². The number of carbonyl (C=O) groups excluding carboxylic acids is 3. The average Bonchev–Trinajstić information content (AvgIpc) is 0.707. The van der Waals surface area contributed by atoms with Crippen molar-refractivity contribution in [2.45, 2.75) is 283 Å². The summed E-state index contributed by atoms with van der Waals surface area (Å²) in [5.74, 6) is -13.8. The highest BCUT2D eigenvalue weighted by Gasteiger charge is 2.65. The Bertz CT molecular complexity index is 4190. The molecule has 0 unspecified atom stereocenters. The lowest BCUT2D eigenvalue weighted by molar-refractivity contribution is -0.154. The number of halogens is 11. The molecule has 9 rings (SSSR count). The van der Waals surface area contributed by atoms with Crippen LogP contribution in [0, 0.1) is 17.5 Å². The predicted octanol–water partition coefficient (Wildman–Crippen LogP) is 15.7. The van der Waals surface area contributed by atoms with E-state index in [-0.39, 0.29) is 63.9 Å². The summed E-state index contributed by atoms with van der Waals surface area (Å²) < 4.78 is 202. The minimum Gasteiger partial charge on any atom is -0.460 e. The molecule has 6 aliphatic rings. The normalized spacial score (nSPS) is 30.1. The fourth-order valence-corrected chi connectivity index (χ4v) is 28.8. The third-order valence-corrected chi connectivity index (χ3v) is 37.4. The Hall–Kier alpha value is -4.93. The van der Waals surface area contributed by atoms with Crippen molar-refractivity contribution in [1.82, 2.24) is 15.0 Å². The highest BCUT2D eigenvalue weighted by atomic mass is 79.9. The van der Waals surface area contributed by atoms with Gasteiger partial charge in [-0.3, -0.25) is 29.4 Å². The molecule has 0 saturated heterocycles. The molecule has 19 nitrogen and oxygen atoms in total. The van der Waals surface area contributed by atoms with E-state index in [4.69, 9.17) is 24.9 Å². The van der Waals surface area contributed by atoms with Gasteiger partial charge in [-0.05, 0) is 192 Å². The van der Waals surface area contributed by atoms with Gasteiger partial charge >= 0.3 is 17.9 Å². The number of fused-ring (bicyclic) bond motifs is 3. The first kappa shape index (κ1) is 85.3. The SMILES string of the molecule is CC(C)(C)OC(=O)CC1=N[C@](C)(c2nc(Br)ccc2F)[C@H]2CC(F)(F)CN=[S@]2(=O)C1(C)C.CC(C)(C)OC(=O)CC1=N[C@](C)(c2nc(N)ccc2F)[C@H]2CC(F)(F)CN=[S@]2(=O)C1(C)C.CC[Si](CC)(CC)c1cc(Br)nc([C@@]2(C)N=C(CC(=O)OC(C)(C)C)C(C)(C)[S@@]3(=O)=NCC(F)(F)C[C@H]23)c1F. The van der Waals surface area contributed by atoms with Crippen LogP contribution in [0.2, 0.25) is 18.1 Å². The van der Waals surface area contributed by atoms with E-state index in [1.54, 1.807) is 110 Å². The topological polar surface area (TPSA) is 269 Å². The van der Waals surface area contributed by atoms with Crippen molar-refractivity contribution in [3.8, 4) is 0 Å². The first-order valence-corrected chi connectivity index (χ1v) is 42.8. The van der Waals surface area contributed by atoms with Gasteiger partial charge in [0.15, 0.2) is 0 Å². The second kappa shape index (κ2) is 28.6. The van der Waals surface area contributed by atoms with Gasteiger partial charge in [-0.25, -0.2) is 80.2 Å². The Morgan fingerprint density at radius 1 is 0.495 bits per heavy atom. The summed E-state index contributed by atoms with van der Waals surface area (Å²) >= 11 is 6.61. The molecule has 103 heavy (non-hydrogen) atoms. The minimum absolute atomic E-state index is 0.0395. The Balaban J connectivity index is 0.000000218. The van der Waals surface area contributed by atoms with Gasteiger partial charge in [-0.2, -0.15) is 0 Å². The van der Waals surface area contributed by atoms with Gasteiger partial charge < -0.3 is 19.9 Å². The molecule has 0 bridgehead atoms. The van der Waals surface area contributed by atoms with Crippen LogP contribution in [0.25, 0.3) is 0 Å². The molecule has 0 aliphatic carbocycles. The zero-order valence-electron chi connectivity index (χ0n) is 62.3. The van der Waals surface area contributed by atoms with Gasteiger partial charge in [0.25, 0.3) is 17.8 Å². The Morgan fingerprint density at radius 3 is 1.10 bits per heavy atom. The molecule has 3 aromatic heterocycles. The van der Waals surface area contributed by atoms with Gasteiger partial charge in [-0.15, -0.1) is 0 Å². The lowest BCUT2D eigenvalue weighted by Gasteiger charge is -2.50. The van der Waals surface area contributed by atoms with Crippen molar-refractivity contribution in [3.05, 3.63) is 74.1 Å². The fourth-order valence-electron chi connectivity index (χ4n) is 14.3. The monoisotopic (exact) mass is 1660 g/mol. The van der Waals surface area contributed by atoms with E-state index < -0.39 is 193 Å². The van der Waals surface area contributed by atoms with Crippen LogP contribution in [0.4, 0.5) is 45.3 Å². The number of hydrogen-bond acceptors (Lipinski definition) is 19. The molecule has 6 aliphatic heterocycles. The number of carbonyl (C=O) groups is 3. The van der Waals surface area contributed by atoms with Gasteiger partial charge in [0.1, 0.15) is 103 Å². The number of esters is 3. The van der Waals surface area contributed by atoms with Crippen molar-refractivity contribution in [1.29, 1.82) is 0 Å². The first-order chi connectivity index (χ1) is 46.5. The molecule has 0 fully saturated rings. The second-order valence-corrected chi connectivity index (χ2v) is 48.0. The average molecular weight is 1670 g/mol. The molecule has 3 aromatic rings. The summed E-state index contributed by atoms with van der Waals surface area (Å²) in [6.07, 6.45) is -3.38. The van der Waals surface area contributed by atoms with E-state index in [1.807, 2.05) is 20.8 Å². The molecule has 576 valence electrons. The van der Waals surface area contributed by atoms with Crippen LogP contribution in [0.15, 0.2) is 67.6 Å². The molecule has 9 atom stereocenters. The van der Waals surface area contributed by atoms with E-state index >= 15 is 4.39 Å². The van der Waals surface area contributed by atoms with E-state index in [1.165, 1.54) is 32.9 Å². The summed E-state index contributed by atoms with van der Waals surface area (Å²) in [5.41, 5.74) is -2.03. The highest BCUT2D eigenvalue weighted by molar-refractivity contribution is 9.10. The van der Waals surface area contributed by atoms with E-state index in [0.29, 0.717) is 9.79 Å². The van der Waals surface area contributed by atoms with Crippen LogP contribution >= 0.6 is 31.9 Å². The van der Waals surface area contributed by atoms with Crippen LogP contribution in [0.3, 0.4) is 0 Å². The number of aromatic nitrogens is 3. The number of nitrogens with zero attached hydrogens (tertiary/aromatic N) is 9. The lowest BCUT2D eigenvalue weighted by atomic mass is 9.87. The number of pyridine rings is 3. The molecule has 0 radical (unpaired) electrons. The molecule has 0 aromatic carbocycles. The minimum atomic E-state index is -3.47. The Morgan fingerprint density at radius 2 is 0.786 bits per heavy atom. The van der Waals surface area contributed by atoms with Gasteiger partial charge in [-0.1, -0.05) is 38.9 Å². The Labute approximate surface area is 617 Å². The van der Waals surface area contributed by atoms with Gasteiger partial charge in [0, 0.05) is 36.4 Å². The fraction of sp³-hybridized carbons (Fsp3) is 0.696. The smallest absolute Gasteiger partial charge is 0.312 e. The van der Waals surface area contributed by atoms with Crippen molar-refractivity contribution < 1.29 is 80.7 Å². The lowest BCUT2D eigenvalue weighted by Crippen LogP contribution is -2.61. The maximum atomic E-state index is 16.7. The van der Waals surface area contributed by atoms with Crippen LogP contribution in [-0.4, -0.2) is 155 Å². The molecule has 0 spiro atoms. The number of anilines is 1. The molecule has 0 saturated carbocycles. The standard InChI is InChI=1S/C27H41BrF3N3O3SSi.C21H27BrF3N3O3S.C21H29F3N4O3S/c1-10-39(11-2,12-3)17-13-20(28)33-23(22(17)29)26(9)19-15-27(30,31)16-32-38(19,36)25(7,8)18(34-26)14-21(35)37-24(4,5)6;1-18(2,3)31-16(29)9-13-19(4,5)32(30)14(10-21(24,25)11-26-32)20(6,28-13)17-12(23)7-8-15(22)27-17;1-18(2,3)31-16(29)9-13-19(4,5)32(30)14(10-21(23,24)11-26-32)20(6,28-13)17-12(22)7-8-15(25)27-17/h13,19H,10-12,14-16H2,1-9H3;7-8,14H,9-11H2,1-6H3;7-8,14H,9-11H2,1-6H3,(H2,25,27)/t19-,26+,38-;2*14-,20+,32-/m111/s1. The molecule has 34 heteroatoms. The van der Waals surface area contributed by atoms with Crippen molar-refractivity contribution in [3.63, 3.8) is 0 Å². The van der Waals surface area contributed by atoms with E-state index in [0.717, 1.165) is 30.3 Å². The van der Waals surface area contributed by atoms with Crippen molar-refractivity contribution >= 4 is 115 Å². The number of nitrogens with two attached hydrogens (primary N) is 1. The van der Waals surface area contributed by atoms with Crippen LogP contribution in [-0.2, 0) is 74.4 Å². The second-order valence-electron chi connectivity index (χ2n) is 32.2. The predicted molar refractivity (Wildman–Crippen MR) is 394 cm³/mol. The zero-order chi connectivity index (χ0) is 78.5. The van der Waals surface area contributed by atoms with Gasteiger partial charge in [0.05, 0.1) is 86.5 Å². The van der Waals surface area contributed by atoms with E-state index in [2.05, 4.69) is 69.9 Å². The molecular formula is C69H97Br2F9N10O9S3Si. The maximum absolute atomic E-state index is 16.7. The largest absolute Gasteiger partial charge is 0.460 e. The molecule has 2 N–H and O–H groups in total. The summed E-state index contributed by atoms with van der Waals surface area (Å²) in [5, 5.41) is -3.43. The molecule has 0 amide bonds. The molecule has 9 heterocycles. The number of hydrogen-bond donors (Lipinski definition) is 1. The summed E-state index contributed by atoms with van der Waals surface area (Å²) in [6.45, 7) is 32.6. The maximum Gasteiger partial charge on any atom is 0.312 e. The molecular weight excluding hydrogens is 1570 g/mol. The quantitative estimate of drug-likeness (QED) is 0.0549. The third-order valence-electron chi connectivity index (χ3n) is 20.2. The van der Waals surface area contributed by atoms with E-state index in [9.17, 15) is 62.1 Å². The first-order valence-electron chi connectivity index (χ1n) is 33.9. The number of rotatable bonds is 13. The van der Waals surface area contributed by atoms with Gasteiger partial charge in [0.2, 0.25) is 0 Å². The number of nitrogen functional groups attached to an aromatic ring is 1. The van der Waals surface area contributed by atoms with Crippen LogP contribution < -0.4 is 10.9 Å². The van der Waals surface area contributed by atoms with Crippen molar-refractivity contribution in [2.24, 2.45) is 28.1 Å². The van der Waals surface area contributed by atoms with Crippen LogP contribution in [0.5, 0.6) is 0 Å². The number of alkyl halides is 6. The summed E-state index contributed by atoms with van der Waals surface area (Å²) in [6, 6.07) is 8.87. The summed E-state index contributed by atoms with van der Waals surface area (Å²) in [7, 11) is -12.6. The third kappa shape index (κ3) is 16.7.